The van der Waals surface area contributed by atoms with E-state index in [1.165, 1.54) is 6.92 Å². The van der Waals surface area contributed by atoms with Crippen molar-refractivity contribution in [3.05, 3.63) is 0 Å². The Kier molecular flexibility index (Phi) is 12.4. The molecule has 3 rings (SSSR count). The maximum absolute atomic E-state index is 12.0. The quantitative estimate of drug-likeness (QED) is 0.0901. The topological polar surface area (TPSA) is 344 Å². The molecule has 0 aromatic heterocycles. The van der Waals surface area contributed by atoms with Crippen LogP contribution in [0.15, 0.2) is 0 Å². The molecule has 3 heterocycles. The maximum atomic E-state index is 12.0. The Morgan fingerprint density at radius 3 is 1.89 bits per heavy atom. The molecule has 24 heteroatoms. The van der Waals surface area contributed by atoms with Crippen LogP contribution in [-0.2, 0) is 57.6 Å². The molecule has 0 saturated carbocycles. The lowest BCUT2D eigenvalue weighted by atomic mass is 9.94. The van der Waals surface area contributed by atoms with Gasteiger partial charge in [-0.25, -0.2) is 8.37 Å². The first-order chi connectivity index (χ1) is 20.2. The molecule has 0 aliphatic carbocycles. The zero-order valence-electron chi connectivity index (χ0n) is 22.8. The fourth-order valence-electron chi connectivity index (χ4n) is 4.78. The van der Waals surface area contributed by atoms with Crippen molar-refractivity contribution in [3.8, 4) is 0 Å². The van der Waals surface area contributed by atoms with Gasteiger partial charge in [-0.3, -0.25) is 13.9 Å². The second kappa shape index (κ2) is 14.7. The summed E-state index contributed by atoms with van der Waals surface area (Å²) in [5.41, 5.74) is 0. The van der Waals surface area contributed by atoms with Gasteiger partial charge >= 0.3 is 20.8 Å². The molecule has 0 radical (unpaired) electrons. The van der Waals surface area contributed by atoms with Crippen LogP contribution in [0.5, 0.6) is 0 Å². The predicted octanol–water partition coefficient (Wildman–Crippen LogP) is -6.75. The fraction of sp³-hybridized carbons (Fsp3) is 0.950. The Hall–Kier alpha value is -1.27. The van der Waals surface area contributed by atoms with E-state index in [9.17, 15) is 57.4 Å². The van der Waals surface area contributed by atoms with E-state index in [1.807, 2.05) is 0 Å². The van der Waals surface area contributed by atoms with Gasteiger partial charge in [-0.05, 0) is 6.92 Å². The highest BCUT2D eigenvalue weighted by Crippen LogP contribution is 2.34. The average Bonchev–Trinajstić information content (AvgIpc) is 2.90. The van der Waals surface area contributed by atoms with Crippen LogP contribution in [0.4, 0.5) is 0 Å². The molecule has 0 aromatic carbocycles. The Bertz CT molecular complexity index is 1190. The molecule has 0 aromatic rings. The summed E-state index contributed by atoms with van der Waals surface area (Å²) in [6.45, 7) is 0.132. The maximum Gasteiger partial charge on any atom is 0.397 e. The molecule has 3 fully saturated rings. The van der Waals surface area contributed by atoms with Gasteiger partial charge in [0, 0.05) is 6.92 Å². The lowest BCUT2D eigenvalue weighted by molar-refractivity contribution is -0.369. The van der Waals surface area contributed by atoms with E-state index in [1.54, 1.807) is 0 Å². The second-order valence-corrected chi connectivity index (χ2v) is 12.2. The molecule has 3 aliphatic rings. The van der Waals surface area contributed by atoms with Crippen molar-refractivity contribution in [2.45, 2.75) is 106 Å². The van der Waals surface area contributed by atoms with Gasteiger partial charge in [0.1, 0.15) is 67.1 Å². The van der Waals surface area contributed by atoms with Crippen LogP contribution >= 0.6 is 0 Å². The van der Waals surface area contributed by atoms with E-state index in [4.69, 9.17) is 32.8 Å². The molecular weight excluding hydrogens is 654 g/mol. The number of hydrogen-bond donors (Lipinski definition) is 10. The molecule has 1 amide bonds. The summed E-state index contributed by atoms with van der Waals surface area (Å²) in [5.74, 6) is -0.775. The molecule has 15 atom stereocenters. The minimum atomic E-state index is -5.41. The lowest BCUT2D eigenvalue weighted by Gasteiger charge is -2.49. The summed E-state index contributed by atoms with van der Waals surface area (Å²) in [4.78, 5) is 12.0. The SMILES string of the molecule is CC(=O)N[C@@H]1[C@@H](O[C@@H]2O[C@@H](C)[C@@H](O)[C@@H](O)[C@@H]2O)[C@H](O[C@@H]2O[C@H](COS(=O)(=O)O)[C@H](O)[C@H](OS(=O)(=O)O)[C@H]2O)[C@@H](CO)O[C@H]1O. The van der Waals surface area contributed by atoms with Crippen molar-refractivity contribution < 1.29 is 98.5 Å². The predicted molar refractivity (Wildman–Crippen MR) is 132 cm³/mol. The number of rotatable bonds is 11. The average molecular weight is 690 g/mol. The summed E-state index contributed by atoms with van der Waals surface area (Å²) in [6, 6.07) is -1.62. The van der Waals surface area contributed by atoms with Gasteiger partial charge in [0.05, 0.1) is 19.3 Å². The number of aliphatic hydroxyl groups is 7. The molecule has 258 valence electrons. The van der Waals surface area contributed by atoms with Gasteiger partial charge in [0.15, 0.2) is 18.9 Å². The molecular formula is C20H35NO21S2. The monoisotopic (exact) mass is 689 g/mol. The highest BCUT2D eigenvalue weighted by molar-refractivity contribution is 7.81. The van der Waals surface area contributed by atoms with Gasteiger partial charge in [0.25, 0.3) is 0 Å². The normalized spacial score (nSPS) is 43.8. The van der Waals surface area contributed by atoms with Crippen molar-refractivity contribution in [1.29, 1.82) is 0 Å². The molecule has 3 aliphatic heterocycles. The van der Waals surface area contributed by atoms with E-state index in [2.05, 4.69) is 13.7 Å². The highest BCUT2D eigenvalue weighted by atomic mass is 32.3. The smallest absolute Gasteiger partial charge is 0.394 e. The van der Waals surface area contributed by atoms with Crippen LogP contribution in [-0.4, -0.2) is 173 Å². The summed E-state index contributed by atoms with van der Waals surface area (Å²) in [5, 5.41) is 74.9. The van der Waals surface area contributed by atoms with Crippen molar-refractivity contribution in [2.75, 3.05) is 13.2 Å². The molecule has 22 nitrogen and oxygen atoms in total. The number of aliphatic hydroxyl groups excluding tert-OH is 7. The van der Waals surface area contributed by atoms with Crippen LogP contribution in [0.25, 0.3) is 0 Å². The van der Waals surface area contributed by atoms with Crippen molar-refractivity contribution in [2.24, 2.45) is 0 Å². The molecule has 0 spiro atoms. The van der Waals surface area contributed by atoms with Gasteiger partial charge < -0.3 is 64.7 Å². The number of amides is 1. The largest absolute Gasteiger partial charge is 0.397 e. The first-order valence-electron chi connectivity index (χ1n) is 12.7. The first-order valence-corrected chi connectivity index (χ1v) is 15.5. The number of carbonyl (C=O) groups is 1. The zero-order valence-corrected chi connectivity index (χ0v) is 24.4. The van der Waals surface area contributed by atoms with E-state index in [0.717, 1.165) is 6.92 Å². The van der Waals surface area contributed by atoms with Gasteiger partial charge in [0.2, 0.25) is 5.91 Å². The van der Waals surface area contributed by atoms with Crippen LogP contribution in [0, 0.1) is 0 Å². The number of nitrogens with one attached hydrogen (secondary N) is 1. The Labute approximate surface area is 249 Å². The highest BCUT2D eigenvalue weighted by Gasteiger charge is 2.55. The van der Waals surface area contributed by atoms with Gasteiger partial charge in [-0.1, -0.05) is 0 Å². The first kappa shape index (κ1) is 37.2. The molecule has 0 bridgehead atoms. The molecule has 3 saturated heterocycles. The lowest BCUT2D eigenvalue weighted by Crippen LogP contribution is -2.69. The summed E-state index contributed by atoms with van der Waals surface area (Å²) in [6.07, 6.45) is -26.5. The summed E-state index contributed by atoms with van der Waals surface area (Å²) < 4.78 is 99.0. The van der Waals surface area contributed by atoms with Crippen LogP contribution < -0.4 is 5.32 Å². The number of carbonyl (C=O) groups excluding carboxylic acids is 1. The third-order valence-corrected chi connectivity index (χ3v) is 7.76. The number of ether oxygens (including phenoxy) is 5. The Balaban J connectivity index is 2.00. The molecule has 10 N–H and O–H groups in total. The standard InChI is InChI=1S/C20H35NO21S2/c1-5-10(24)12(26)13(27)19(37-5)41-16-9(21-6(2)23)18(29)38-7(3-22)15(16)40-20-14(28)17(42-44(33,34)35)11(25)8(39-20)4-36-43(30,31)32/h5,7-20,22,24-29H,3-4H2,1-2H3,(H,21,23)(H,30,31,32)(H,33,34,35)/t5-,7+,8+,9+,10+,11-,12+,13-,14+,15+,16+,17-,18+,19-,20-/m0/s1. The third-order valence-electron chi connectivity index (χ3n) is 6.86. The van der Waals surface area contributed by atoms with E-state index in [0.29, 0.717) is 0 Å². The van der Waals surface area contributed by atoms with Crippen molar-refractivity contribution in [3.63, 3.8) is 0 Å². The minimum Gasteiger partial charge on any atom is -0.394 e. The van der Waals surface area contributed by atoms with Crippen LogP contribution in [0.2, 0.25) is 0 Å². The molecule has 44 heavy (non-hydrogen) atoms. The minimum absolute atomic E-state index is 0.775. The second-order valence-electron chi connectivity index (χ2n) is 10.1. The summed E-state index contributed by atoms with van der Waals surface area (Å²) in [7, 11) is -10.6. The third kappa shape index (κ3) is 9.17. The van der Waals surface area contributed by atoms with E-state index < -0.39 is 132 Å². The van der Waals surface area contributed by atoms with Crippen LogP contribution in [0.1, 0.15) is 13.8 Å². The van der Waals surface area contributed by atoms with E-state index in [-0.39, 0.29) is 0 Å². The van der Waals surface area contributed by atoms with Crippen LogP contribution in [0.3, 0.4) is 0 Å². The molecule has 0 unspecified atom stereocenters. The number of hydrogen-bond acceptors (Lipinski definition) is 19. The zero-order chi connectivity index (χ0) is 33.3. The van der Waals surface area contributed by atoms with E-state index >= 15 is 0 Å². The fourth-order valence-corrected chi connectivity index (χ4v) is 5.59. The Morgan fingerprint density at radius 1 is 0.750 bits per heavy atom. The Morgan fingerprint density at radius 2 is 1.34 bits per heavy atom. The van der Waals surface area contributed by atoms with Crippen molar-refractivity contribution >= 4 is 26.7 Å². The van der Waals surface area contributed by atoms with Crippen molar-refractivity contribution in [1.82, 2.24) is 5.32 Å². The van der Waals surface area contributed by atoms with Gasteiger partial charge in [-0.15, -0.1) is 0 Å². The van der Waals surface area contributed by atoms with Gasteiger partial charge in [-0.2, -0.15) is 16.8 Å². The summed E-state index contributed by atoms with van der Waals surface area (Å²) >= 11 is 0.